The minimum absolute atomic E-state index is 0.0322. The third-order valence-electron chi connectivity index (χ3n) is 4.79. The van der Waals surface area contributed by atoms with Crippen molar-refractivity contribution in [1.82, 2.24) is 10.2 Å². The molecule has 0 aromatic heterocycles. The molecule has 1 saturated carbocycles. The summed E-state index contributed by atoms with van der Waals surface area (Å²) in [6.07, 6.45) is -0.741. The number of rotatable bonds is 3. The Balaban J connectivity index is 1.86. The van der Waals surface area contributed by atoms with Crippen LogP contribution in [-0.4, -0.2) is 43.7 Å². The van der Waals surface area contributed by atoms with Gasteiger partial charge in [0, 0.05) is 19.5 Å². The lowest BCUT2D eigenvalue weighted by Gasteiger charge is -2.34. The largest absolute Gasteiger partial charge is 0.391 e. The van der Waals surface area contributed by atoms with Crippen molar-refractivity contribution in [1.29, 1.82) is 0 Å². The minimum atomic E-state index is -4.16. The van der Waals surface area contributed by atoms with Crippen molar-refractivity contribution in [2.24, 2.45) is 17.8 Å². The van der Waals surface area contributed by atoms with E-state index in [1.807, 2.05) is 0 Å². The first-order chi connectivity index (χ1) is 9.88. The molecular formula is C15H25F3N2O. The molecule has 2 aliphatic rings. The second-order valence-corrected chi connectivity index (χ2v) is 6.53. The summed E-state index contributed by atoms with van der Waals surface area (Å²) in [5.74, 6) is -1.43. The number of nitrogens with one attached hydrogen (secondary N) is 1. The number of amides is 1. The van der Waals surface area contributed by atoms with Crippen LogP contribution in [0.2, 0.25) is 0 Å². The molecule has 21 heavy (non-hydrogen) atoms. The van der Waals surface area contributed by atoms with E-state index in [0.29, 0.717) is 25.3 Å². The van der Waals surface area contributed by atoms with Crippen LogP contribution in [0.3, 0.4) is 0 Å². The fourth-order valence-corrected chi connectivity index (χ4v) is 3.58. The van der Waals surface area contributed by atoms with Gasteiger partial charge in [0.05, 0.1) is 5.92 Å². The van der Waals surface area contributed by atoms with Crippen molar-refractivity contribution in [3.8, 4) is 0 Å². The molecule has 1 saturated heterocycles. The molecule has 1 N–H and O–H groups in total. The van der Waals surface area contributed by atoms with Gasteiger partial charge in [-0.25, -0.2) is 0 Å². The van der Waals surface area contributed by atoms with Gasteiger partial charge in [-0.15, -0.1) is 0 Å². The maximum Gasteiger partial charge on any atom is 0.391 e. The molecule has 0 aromatic carbocycles. The Morgan fingerprint density at radius 3 is 2.62 bits per heavy atom. The van der Waals surface area contributed by atoms with Crippen LogP contribution < -0.4 is 5.32 Å². The van der Waals surface area contributed by atoms with Gasteiger partial charge in [0.2, 0.25) is 5.91 Å². The molecule has 1 aliphatic carbocycles. The van der Waals surface area contributed by atoms with Gasteiger partial charge in [0.1, 0.15) is 0 Å². The predicted molar refractivity (Wildman–Crippen MR) is 74.7 cm³/mol. The fourth-order valence-electron chi connectivity index (χ4n) is 3.58. The Labute approximate surface area is 124 Å². The van der Waals surface area contributed by atoms with Crippen LogP contribution in [0.5, 0.6) is 0 Å². The summed E-state index contributed by atoms with van der Waals surface area (Å²) in [4.78, 5) is 14.0. The van der Waals surface area contributed by atoms with E-state index in [2.05, 4.69) is 5.32 Å². The van der Waals surface area contributed by atoms with Crippen molar-refractivity contribution in [3.63, 3.8) is 0 Å². The summed E-state index contributed by atoms with van der Waals surface area (Å²) in [7, 11) is 1.73. The number of hydrogen-bond acceptors (Lipinski definition) is 2. The Morgan fingerprint density at radius 2 is 2.00 bits per heavy atom. The van der Waals surface area contributed by atoms with E-state index in [0.717, 1.165) is 25.9 Å². The number of carbonyl (C=O) groups excluding carboxylic acids is 1. The highest BCUT2D eigenvalue weighted by molar-refractivity contribution is 5.78. The molecule has 0 aromatic rings. The highest BCUT2D eigenvalue weighted by atomic mass is 19.4. The third-order valence-corrected chi connectivity index (χ3v) is 4.79. The van der Waals surface area contributed by atoms with Crippen LogP contribution >= 0.6 is 0 Å². The Morgan fingerprint density at radius 1 is 1.24 bits per heavy atom. The van der Waals surface area contributed by atoms with Gasteiger partial charge in [-0.05, 0) is 51.1 Å². The number of carbonyl (C=O) groups is 1. The number of halogens is 3. The number of nitrogens with zero attached hydrogens (tertiary/aromatic N) is 1. The van der Waals surface area contributed by atoms with E-state index in [1.54, 1.807) is 11.9 Å². The van der Waals surface area contributed by atoms with Gasteiger partial charge >= 0.3 is 6.18 Å². The third kappa shape index (κ3) is 4.59. The zero-order valence-electron chi connectivity index (χ0n) is 12.6. The van der Waals surface area contributed by atoms with E-state index in [-0.39, 0.29) is 18.7 Å². The van der Waals surface area contributed by atoms with Crippen LogP contribution in [0.15, 0.2) is 0 Å². The van der Waals surface area contributed by atoms with Crippen molar-refractivity contribution < 1.29 is 18.0 Å². The molecule has 2 rings (SSSR count). The summed E-state index contributed by atoms with van der Waals surface area (Å²) >= 11 is 0. The molecule has 6 heteroatoms. The van der Waals surface area contributed by atoms with Crippen molar-refractivity contribution in [3.05, 3.63) is 0 Å². The van der Waals surface area contributed by atoms with Crippen LogP contribution in [0.25, 0.3) is 0 Å². The molecule has 122 valence electrons. The second kappa shape index (κ2) is 6.99. The standard InChI is InChI=1S/C15H25F3N2O/c1-20(10-11-4-3-7-19-9-11)14(21)12-5-2-6-13(8-12)15(16,17)18/h11-13,19H,2-10H2,1H3. The molecule has 1 aliphatic heterocycles. The van der Waals surface area contributed by atoms with E-state index in [1.165, 1.54) is 0 Å². The lowest BCUT2D eigenvalue weighted by atomic mass is 9.80. The smallest absolute Gasteiger partial charge is 0.345 e. The van der Waals surface area contributed by atoms with Crippen LogP contribution in [0, 0.1) is 17.8 Å². The highest BCUT2D eigenvalue weighted by Gasteiger charge is 2.44. The fraction of sp³-hybridized carbons (Fsp3) is 0.933. The highest BCUT2D eigenvalue weighted by Crippen LogP contribution is 2.40. The molecule has 3 nitrogen and oxygen atoms in total. The molecule has 0 bridgehead atoms. The first kappa shape index (κ1) is 16.6. The van der Waals surface area contributed by atoms with Gasteiger partial charge in [0.15, 0.2) is 0 Å². The monoisotopic (exact) mass is 306 g/mol. The molecule has 3 atom stereocenters. The number of piperidine rings is 1. The summed E-state index contributed by atoms with van der Waals surface area (Å²) in [5, 5.41) is 3.30. The van der Waals surface area contributed by atoms with Crippen LogP contribution in [-0.2, 0) is 4.79 Å². The average Bonchev–Trinajstić information content (AvgIpc) is 2.46. The Bertz CT molecular complexity index is 353. The quantitative estimate of drug-likeness (QED) is 0.869. The van der Waals surface area contributed by atoms with Crippen molar-refractivity contribution >= 4 is 5.91 Å². The topological polar surface area (TPSA) is 32.3 Å². The summed E-state index contributed by atoms with van der Waals surface area (Å²) in [5.41, 5.74) is 0. The minimum Gasteiger partial charge on any atom is -0.345 e. The first-order valence-electron chi connectivity index (χ1n) is 7.90. The Kier molecular flexibility index (Phi) is 5.52. The van der Waals surface area contributed by atoms with Gasteiger partial charge in [0.25, 0.3) is 0 Å². The summed E-state index contributed by atoms with van der Waals surface area (Å²) in [6, 6.07) is 0. The molecule has 0 radical (unpaired) electrons. The van der Waals surface area contributed by atoms with Crippen LogP contribution in [0.4, 0.5) is 13.2 Å². The predicted octanol–water partition coefficient (Wildman–Crippen LogP) is 2.81. The van der Waals surface area contributed by atoms with E-state index >= 15 is 0 Å². The number of hydrogen-bond donors (Lipinski definition) is 1. The molecule has 3 unspecified atom stereocenters. The summed E-state index contributed by atoms with van der Waals surface area (Å²) < 4.78 is 38.5. The van der Waals surface area contributed by atoms with E-state index in [4.69, 9.17) is 0 Å². The lowest BCUT2D eigenvalue weighted by Crippen LogP contribution is -2.43. The van der Waals surface area contributed by atoms with Crippen molar-refractivity contribution in [2.75, 3.05) is 26.7 Å². The normalized spacial score (nSPS) is 31.0. The summed E-state index contributed by atoms with van der Waals surface area (Å²) in [6.45, 7) is 2.57. The van der Waals surface area contributed by atoms with Gasteiger partial charge < -0.3 is 10.2 Å². The van der Waals surface area contributed by atoms with Gasteiger partial charge in [-0.3, -0.25) is 4.79 Å². The van der Waals surface area contributed by atoms with Gasteiger partial charge in [-0.2, -0.15) is 13.2 Å². The van der Waals surface area contributed by atoms with Crippen LogP contribution in [0.1, 0.15) is 38.5 Å². The molecular weight excluding hydrogens is 281 g/mol. The zero-order chi connectivity index (χ0) is 15.5. The second-order valence-electron chi connectivity index (χ2n) is 6.53. The molecule has 2 fully saturated rings. The SMILES string of the molecule is CN(CC1CCCNC1)C(=O)C1CCCC(C(F)(F)F)C1. The maximum absolute atomic E-state index is 12.8. The first-order valence-corrected chi connectivity index (χ1v) is 7.90. The molecule has 1 heterocycles. The Hall–Kier alpha value is -0.780. The molecule has 1 amide bonds. The van der Waals surface area contributed by atoms with Crippen molar-refractivity contribution in [2.45, 2.75) is 44.7 Å². The number of alkyl halides is 3. The van der Waals surface area contributed by atoms with E-state index < -0.39 is 18.0 Å². The van der Waals surface area contributed by atoms with Gasteiger partial charge in [-0.1, -0.05) is 6.42 Å². The zero-order valence-corrected chi connectivity index (χ0v) is 12.6. The average molecular weight is 306 g/mol. The lowest BCUT2D eigenvalue weighted by molar-refractivity contribution is -0.187. The van der Waals surface area contributed by atoms with E-state index in [9.17, 15) is 18.0 Å². The molecule has 0 spiro atoms. The maximum atomic E-state index is 12.8.